The molecule has 1 aliphatic heterocycles. The maximum Gasteiger partial charge on any atom is 0.391 e. The Labute approximate surface area is 84.3 Å². The van der Waals surface area contributed by atoms with Crippen LogP contribution >= 0.6 is 0 Å². The average molecular weight is 211 g/mol. The summed E-state index contributed by atoms with van der Waals surface area (Å²) in [5.74, 6) is -1.08. The molecule has 0 saturated carbocycles. The van der Waals surface area contributed by atoms with Gasteiger partial charge in [0, 0.05) is 6.04 Å². The quantitative estimate of drug-likeness (QED) is 0.594. The van der Waals surface area contributed by atoms with Gasteiger partial charge < -0.3 is 4.90 Å². The highest BCUT2D eigenvalue weighted by Gasteiger charge is 2.42. The lowest BCUT2D eigenvalue weighted by Gasteiger charge is -2.35. The van der Waals surface area contributed by atoms with Crippen LogP contribution in [0.3, 0.4) is 0 Å². The van der Waals surface area contributed by atoms with E-state index in [-0.39, 0.29) is 18.9 Å². The zero-order valence-electron chi connectivity index (χ0n) is 9.36. The third-order valence-corrected chi connectivity index (χ3v) is 2.67. The monoisotopic (exact) mass is 211 g/mol. The van der Waals surface area contributed by atoms with E-state index in [1.54, 1.807) is 0 Å². The fourth-order valence-electron chi connectivity index (χ4n) is 1.59. The minimum absolute atomic E-state index is 0.0605. The summed E-state index contributed by atoms with van der Waals surface area (Å²) < 4.78 is 36.7. The molecule has 4 heteroatoms. The van der Waals surface area contributed by atoms with Gasteiger partial charge in [0.15, 0.2) is 0 Å². The normalized spacial score (nSPS) is 29.4. The second-order valence-corrected chi connectivity index (χ2v) is 3.59. The van der Waals surface area contributed by atoms with Crippen molar-refractivity contribution in [2.75, 3.05) is 13.6 Å². The van der Waals surface area contributed by atoms with Gasteiger partial charge in [0.2, 0.25) is 0 Å². The smallest absolute Gasteiger partial charge is 0.304 e. The first-order valence-electron chi connectivity index (χ1n) is 5.18. The third kappa shape index (κ3) is 3.86. The van der Waals surface area contributed by atoms with Crippen molar-refractivity contribution >= 4 is 0 Å². The molecule has 0 aromatic heterocycles. The molecule has 0 aromatic carbocycles. The van der Waals surface area contributed by atoms with Gasteiger partial charge in [-0.2, -0.15) is 13.2 Å². The highest BCUT2D eigenvalue weighted by atomic mass is 19.4. The molecule has 0 radical (unpaired) electrons. The molecule has 0 aliphatic carbocycles. The van der Waals surface area contributed by atoms with Gasteiger partial charge in [0.05, 0.1) is 5.92 Å². The van der Waals surface area contributed by atoms with Crippen LogP contribution in [-0.4, -0.2) is 30.7 Å². The van der Waals surface area contributed by atoms with Crippen LogP contribution in [0.5, 0.6) is 0 Å². The summed E-state index contributed by atoms with van der Waals surface area (Å²) in [4.78, 5) is 1.97. The van der Waals surface area contributed by atoms with Crippen molar-refractivity contribution in [1.82, 2.24) is 4.90 Å². The predicted octanol–water partition coefficient (Wildman–Crippen LogP) is 3.31. The van der Waals surface area contributed by atoms with E-state index >= 15 is 0 Å². The first-order chi connectivity index (χ1) is 6.41. The van der Waals surface area contributed by atoms with E-state index in [0.717, 1.165) is 0 Å². The van der Waals surface area contributed by atoms with Crippen LogP contribution < -0.4 is 0 Å². The van der Waals surface area contributed by atoms with Gasteiger partial charge in [-0.1, -0.05) is 13.8 Å². The van der Waals surface area contributed by atoms with Crippen molar-refractivity contribution in [1.29, 1.82) is 0 Å². The molecule has 1 aliphatic rings. The standard InChI is InChI=1S/C8H14F3N.C2H6/c1-6-5-7(8(9,10)11)3-4-12(6)2;1-2/h6-7H,3-5H2,1-2H3;1-2H3. The molecular weight excluding hydrogens is 191 g/mol. The van der Waals surface area contributed by atoms with E-state index in [4.69, 9.17) is 0 Å². The molecule has 14 heavy (non-hydrogen) atoms. The summed E-state index contributed by atoms with van der Waals surface area (Å²) >= 11 is 0. The Balaban J connectivity index is 0.000000791. The maximum absolute atomic E-state index is 12.2. The largest absolute Gasteiger partial charge is 0.391 e. The van der Waals surface area contributed by atoms with Gasteiger partial charge in [-0.15, -0.1) is 0 Å². The Kier molecular flexibility index (Phi) is 5.49. The Morgan fingerprint density at radius 2 is 1.71 bits per heavy atom. The molecule has 1 rings (SSSR count). The van der Waals surface area contributed by atoms with Crippen LogP contribution in [0.1, 0.15) is 33.6 Å². The number of piperidine rings is 1. The summed E-state index contributed by atoms with van der Waals surface area (Å²) in [7, 11) is 1.87. The van der Waals surface area contributed by atoms with E-state index in [9.17, 15) is 13.2 Å². The molecule has 0 N–H and O–H groups in total. The lowest BCUT2D eigenvalue weighted by atomic mass is 9.92. The van der Waals surface area contributed by atoms with Crippen LogP contribution in [0, 0.1) is 5.92 Å². The van der Waals surface area contributed by atoms with Gasteiger partial charge >= 0.3 is 6.18 Å². The molecule has 1 fully saturated rings. The van der Waals surface area contributed by atoms with E-state index in [0.29, 0.717) is 6.54 Å². The lowest BCUT2D eigenvalue weighted by Crippen LogP contribution is -2.42. The lowest BCUT2D eigenvalue weighted by molar-refractivity contribution is -0.188. The molecular formula is C10H20F3N. The number of alkyl halides is 3. The summed E-state index contributed by atoms with van der Waals surface area (Å²) in [5, 5.41) is 0. The first kappa shape index (κ1) is 13.8. The molecule has 1 heterocycles. The predicted molar refractivity (Wildman–Crippen MR) is 52.2 cm³/mol. The minimum atomic E-state index is -3.99. The summed E-state index contributed by atoms with van der Waals surface area (Å²) in [5.41, 5.74) is 0. The Bertz CT molecular complexity index is 156. The minimum Gasteiger partial charge on any atom is -0.304 e. The van der Waals surface area contributed by atoms with Gasteiger partial charge in [-0.25, -0.2) is 0 Å². The van der Waals surface area contributed by atoms with Gasteiger partial charge in [-0.3, -0.25) is 0 Å². The van der Waals surface area contributed by atoms with Crippen molar-refractivity contribution in [3.63, 3.8) is 0 Å². The molecule has 2 unspecified atom stereocenters. The van der Waals surface area contributed by atoms with Crippen LogP contribution in [0.15, 0.2) is 0 Å². The summed E-state index contributed by atoms with van der Waals surface area (Å²) in [6.07, 6.45) is -3.49. The second kappa shape index (κ2) is 5.59. The van der Waals surface area contributed by atoms with Gasteiger partial charge in [0.1, 0.15) is 0 Å². The Morgan fingerprint density at radius 1 is 1.21 bits per heavy atom. The molecule has 1 saturated heterocycles. The highest BCUT2D eigenvalue weighted by molar-refractivity contribution is 4.80. The number of nitrogens with zero attached hydrogens (tertiary/aromatic N) is 1. The van der Waals surface area contributed by atoms with Crippen molar-refractivity contribution < 1.29 is 13.2 Å². The van der Waals surface area contributed by atoms with Crippen molar-refractivity contribution in [3.05, 3.63) is 0 Å². The number of hydrogen-bond donors (Lipinski definition) is 0. The summed E-state index contributed by atoms with van der Waals surface area (Å²) in [6.45, 7) is 6.41. The van der Waals surface area contributed by atoms with Crippen LogP contribution in [0.4, 0.5) is 13.2 Å². The number of likely N-dealkylation sites (tertiary alicyclic amines) is 1. The maximum atomic E-state index is 12.2. The Morgan fingerprint density at radius 3 is 2.07 bits per heavy atom. The zero-order valence-corrected chi connectivity index (χ0v) is 9.36. The van der Waals surface area contributed by atoms with E-state index in [2.05, 4.69) is 0 Å². The second-order valence-electron chi connectivity index (χ2n) is 3.59. The zero-order chi connectivity index (χ0) is 11.4. The topological polar surface area (TPSA) is 3.24 Å². The SMILES string of the molecule is CC.CC1CC(C(F)(F)F)CCN1C. The number of rotatable bonds is 0. The van der Waals surface area contributed by atoms with Crippen LogP contribution in [0.2, 0.25) is 0 Å². The van der Waals surface area contributed by atoms with Gasteiger partial charge in [-0.05, 0) is 33.4 Å². The number of halogens is 3. The molecule has 2 atom stereocenters. The fraction of sp³-hybridized carbons (Fsp3) is 1.00. The number of hydrogen-bond acceptors (Lipinski definition) is 1. The van der Waals surface area contributed by atoms with Crippen molar-refractivity contribution in [2.45, 2.75) is 45.8 Å². The average Bonchev–Trinajstić information content (AvgIpc) is 2.11. The summed E-state index contributed by atoms with van der Waals surface area (Å²) in [6, 6.07) is 0.0605. The molecule has 86 valence electrons. The highest BCUT2D eigenvalue weighted by Crippen LogP contribution is 2.35. The molecule has 0 aromatic rings. The van der Waals surface area contributed by atoms with Crippen LogP contribution in [0.25, 0.3) is 0 Å². The van der Waals surface area contributed by atoms with E-state index in [1.165, 1.54) is 0 Å². The Hall–Kier alpha value is -0.250. The fourth-order valence-corrected chi connectivity index (χ4v) is 1.59. The first-order valence-corrected chi connectivity index (χ1v) is 5.18. The molecule has 0 amide bonds. The van der Waals surface area contributed by atoms with Crippen molar-refractivity contribution in [3.8, 4) is 0 Å². The van der Waals surface area contributed by atoms with Crippen molar-refractivity contribution in [2.24, 2.45) is 5.92 Å². The molecule has 0 spiro atoms. The van der Waals surface area contributed by atoms with Crippen LogP contribution in [-0.2, 0) is 0 Å². The molecule has 0 bridgehead atoms. The third-order valence-electron chi connectivity index (χ3n) is 2.67. The van der Waals surface area contributed by atoms with Gasteiger partial charge in [0.25, 0.3) is 0 Å². The molecule has 1 nitrogen and oxygen atoms in total. The van der Waals surface area contributed by atoms with E-state index in [1.807, 2.05) is 32.7 Å². The van der Waals surface area contributed by atoms with E-state index < -0.39 is 12.1 Å².